The van der Waals surface area contributed by atoms with Crippen LogP contribution in [0.5, 0.6) is 0 Å². The lowest BCUT2D eigenvalue weighted by Gasteiger charge is -2.26. The highest BCUT2D eigenvalue weighted by molar-refractivity contribution is 7.89. The van der Waals surface area contributed by atoms with Crippen molar-refractivity contribution in [2.75, 3.05) is 40.3 Å². The predicted octanol–water partition coefficient (Wildman–Crippen LogP) is 3.45. The third-order valence-electron chi connectivity index (χ3n) is 5.03. The van der Waals surface area contributed by atoms with Crippen molar-refractivity contribution in [1.82, 2.24) is 14.5 Å². The number of nitrogens with one attached hydrogen (secondary N) is 1. The lowest BCUT2D eigenvalue weighted by molar-refractivity contribution is 0.0988. The van der Waals surface area contributed by atoms with Gasteiger partial charge in [-0.05, 0) is 37.9 Å². The van der Waals surface area contributed by atoms with Crippen LogP contribution in [0.3, 0.4) is 0 Å². The van der Waals surface area contributed by atoms with E-state index < -0.39 is 10.0 Å². The molecule has 6 nitrogen and oxygen atoms in total. The SMILES string of the molecule is CCN(CC)S(=O)(=O)c1ccc(C(=O)CNCC(c2ccccc2Cl)N(C)C)cc1. The predicted molar refractivity (Wildman–Crippen MR) is 122 cm³/mol. The van der Waals surface area contributed by atoms with Crippen LogP contribution in [0.4, 0.5) is 0 Å². The largest absolute Gasteiger partial charge is 0.308 e. The van der Waals surface area contributed by atoms with Crippen molar-refractivity contribution in [2.45, 2.75) is 24.8 Å². The molecule has 0 aliphatic rings. The topological polar surface area (TPSA) is 69.7 Å². The van der Waals surface area contributed by atoms with Gasteiger partial charge >= 0.3 is 0 Å². The van der Waals surface area contributed by atoms with E-state index in [0.717, 1.165) is 5.56 Å². The first-order valence-corrected chi connectivity index (χ1v) is 11.8. The molecule has 0 aliphatic carbocycles. The van der Waals surface area contributed by atoms with Crippen LogP contribution in [0.1, 0.15) is 35.8 Å². The van der Waals surface area contributed by atoms with Crippen LogP contribution in [-0.4, -0.2) is 63.7 Å². The quantitative estimate of drug-likeness (QED) is 0.530. The minimum atomic E-state index is -3.53. The standard InChI is InChI=1S/C22H30ClN3O3S/c1-5-26(6-2)30(28,29)18-13-11-17(12-14-18)22(27)16-24-15-21(25(3)4)19-9-7-8-10-20(19)23/h7-14,21,24H,5-6,15-16H2,1-4H3. The van der Waals surface area contributed by atoms with Crippen molar-refractivity contribution in [2.24, 2.45) is 0 Å². The van der Waals surface area contributed by atoms with Gasteiger partial charge < -0.3 is 10.2 Å². The van der Waals surface area contributed by atoms with E-state index in [1.54, 1.807) is 26.0 Å². The summed E-state index contributed by atoms with van der Waals surface area (Å²) in [6.07, 6.45) is 0. The molecule has 0 aromatic heterocycles. The number of carbonyl (C=O) groups is 1. The summed E-state index contributed by atoms with van der Waals surface area (Å²) < 4.78 is 26.5. The number of likely N-dealkylation sites (N-methyl/N-ethyl adjacent to an activating group) is 1. The number of carbonyl (C=O) groups excluding carboxylic acids is 1. The number of Topliss-reactive ketones (excluding diaryl/α,β-unsaturated/α-hetero) is 1. The zero-order chi connectivity index (χ0) is 22.3. The summed E-state index contributed by atoms with van der Waals surface area (Å²) in [7, 11) is 0.402. The van der Waals surface area contributed by atoms with Crippen molar-refractivity contribution in [3.05, 3.63) is 64.7 Å². The van der Waals surface area contributed by atoms with Gasteiger partial charge in [0.1, 0.15) is 0 Å². The van der Waals surface area contributed by atoms with Crippen LogP contribution in [0.15, 0.2) is 53.4 Å². The van der Waals surface area contributed by atoms with Crippen LogP contribution in [-0.2, 0) is 10.0 Å². The molecule has 1 atom stereocenters. The maximum Gasteiger partial charge on any atom is 0.243 e. The fourth-order valence-corrected chi connectivity index (χ4v) is 4.99. The van der Waals surface area contributed by atoms with Gasteiger partial charge in [0.25, 0.3) is 0 Å². The summed E-state index contributed by atoms with van der Waals surface area (Å²) >= 11 is 6.32. The van der Waals surface area contributed by atoms with Gasteiger partial charge in [-0.15, -0.1) is 0 Å². The van der Waals surface area contributed by atoms with Crippen molar-refractivity contribution < 1.29 is 13.2 Å². The highest BCUT2D eigenvalue weighted by Crippen LogP contribution is 2.25. The van der Waals surface area contributed by atoms with Crippen LogP contribution < -0.4 is 5.32 Å². The molecule has 0 heterocycles. The minimum Gasteiger partial charge on any atom is -0.308 e. The van der Waals surface area contributed by atoms with Gasteiger partial charge in [-0.25, -0.2) is 8.42 Å². The van der Waals surface area contributed by atoms with Crippen LogP contribution in [0.25, 0.3) is 0 Å². The molecule has 1 N–H and O–H groups in total. The Morgan fingerprint density at radius 1 is 1.03 bits per heavy atom. The molecular weight excluding hydrogens is 422 g/mol. The molecule has 0 fully saturated rings. The van der Waals surface area contributed by atoms with Crippen LogP contribution >= 0.6 is 11.6 Å². The summed E-state index contributed by atoms with van der Waals surface area (Å²) in [6.45, 7) is 5.11. The number of ketones is 1. The molecule has 8 heteroatoms. The van der Waals surface area contributed by atoms with Gasteiger partial charge in [0.2, 0.25) is 10.0 Å². The molecular formula is C22H30ClN3O3S. The molecule has 2 rings (SSSR count). The molecule has 0 bridgehead atoms. The molecule has 2 aromatic rings. The zero-order valence-electron chi connectivity index (χ0n) is 17.9. The van der Waals surface area contributed by atoms with Gasteiger partial charge in [0, 0.05) is 36.3 Å². The summed E-state index contributed by atoms with van der Waals surface area (Å²) in [5.41, 5.74) is 1.47. The number of hydrogen-bond acceptors (Lipinski definition) is 5. The van der Waals surface area contributed by atoms with Gasteiger partial charge in [-0.2, -0.15) is 4.31 Å². The zero-order valence-corrected chi connectivity index (χ0v) is 19.5. The summed E-state index contributed by atoms with van der Waals surface area (Å²) in [5, 5.41) is 3.88. The number of sulfonamides is 1. The van der Waals surface area contributed by atoms with Gasteiger partial charge in [0.05, 0.1) is 11.4 Å². The fraction of sp³-hybridized carbons (Fsp3) is 0.409. The lowest BCUT2D eigenvalue weighted by Crippen LogP contribution is -2.34. The minimum absolute atomic E-state index is 0.0214. The second-order valence-electron chi connectivity index (χ2n) is 7.17. The van der Waals surface area contributed by atoms with Crippen LogP contribution in [0.2, 0.25) is 5.02 Å². The number of rotatable bonds is 11. The smallest absolute Gasteiger partial charge is 0.243 e. The average Bonchev–Trinajstić information content (AvgIpc) is 2.72. The van der Waals surface area contributed by atoms with E-state index in [4.69, 9.17) is 11.6 Å². The highest BCUT2D eigenvalue weighted by Gasteiger charge is 2.22. The average molecular weight is 452 g/mol. The molecule has 0 saturated heterocycles. The Labute approximate surface area is 184 Å². The molecule has 164 valence electrons. The van der Waals surface area contributed by atoms with Crippen LogP contribution in [0, 0.1) is 0 Å². The van der Waals surface area contributed by atoms with E-state index in [0.29, 0.717) is 30.2 Å². The van der Waals surface area contributed by atoms with E-state index >= 15 is 0 Å². The molecule has 0 amide bonds. The monoisotopic (exact) mass is 451 g/mol. The normalized spacial score (nSPS) is 13.0. The summed E-state index contributed by atoms with van der Waals surface area (Å²) in [4.78, 5) is 14.8. The Kier molecular flexibility index (Phi) is 9.00. The number of nitrogens with zero attached hydrogens (tertiary/aromatic N) is 2. The Bertz CT molecular complexity index is 942. The van der Waals surface area contributed by atoms with E-state index in [2.05, 4.69) is 5.32 Å². The molecule has 0 saturated carbocycles. The summed E-state index contributed by atoms with van der Waals surface area (Å²) in [5.74, 6) is -0.0987. The molecule has 0 aliphatic heterocycles. The van der Waals surface area contributed by atoms with E-state index in [1.807, 2.05) is 43.3 Å². The Hall–Kier alpha value is -1.77. The molecule has 30 heavy (non-hydrogen) atoms. The van der Waals surface area contributed by atoms with E-state index in [1.165, 1.54) is 16.4 Å². The molecule has 0 radical (unpaired) electrons. The Balaban J connectivity index is 2.02. The van der Waals surface area contributed by atoms with E-state index in [-0.39, 0.29) is 23.3 Å². The van der Waals surface area contributed by atoms with Gasteiger partial charge in [-0.1, -0.05) is 55.8 Å². The van der Waals surface area contributed by atoms with Crippen molar-refractivity contribution in [3.63, 3.8) is 0 Å². The Morgan fingerprint density at radius 2 is 1.63 bits per heavy atom. The van der Waals surface area contributed by atoms with E-state index in [9.17, 15) is 13.2 Å². The maximum absolute atomic E-state index is 12.6. The second kappa shape index (κ2) is 11.0. The first-order chi connectivity index (χ1) is 14.2. The molecule has 1 unspecified atom stereocenters. The first-order valence-electron chi connectivity index (χ1n) is 9.97. The number of halogens is 1. The summed E-state index contributed by atoms with van der Waals surface area (Å²) in [6, 6.07) is 13.8. The van der Waals surface area contributed by atoms with Crippen molar-refractivity contribution in [3.8, 4) is 0 Å². The number of benzene rings is 2. The first kappa shape index (κ1) is 24.5. The maximum atomic E-state index is 12.6. The van der Waals surface area contributed by atoms with Gasteiger partial charge in [-0.3, -0.25) is 4.79 Å². The fourth-order valence-electron chi connectivity index (χ4n) is 3.27. The Morgan fingerprint density at radius 3 is 2.17 bits per heavy atom. The third-order valence-corrected chi connectivity index (χ3v) is 7.44. The van der Waals surface area contributed by atoms with Gasteiger partial charge in [0.15, 0.2) is 5.78 Å². The second-order valence-corrected chi connectivity index (χ2v) is 9.51. The highest BCUT2D eigenvalue weighted by atomic mass is 35.5. The number of hydrogen-bond donors (Lipinski definition) is 1. The van der Waals surface area contributed by atoms with Crippen molar-refractivity contribution >= 4 is 27.4 Å². The molecule has 0 spiro atoms. The lowest BCUT2D eigenvalue weighted by atomic mass is 10.1. The molecule has 2 aromatic carbocycles. The third kappa shape index (κ3) is 5.89. The van der Waals surface area contributed by atoms with Crippen molar-refractivity contribution in [1.29, 1.82) is 0 Å².